The van der Waals surface area contributed by atoms with E-state index in [4.69, 9.17) is 10.2 Å². The van der Waals surface area contributed by atoms with Gasteiger partial charge in [0.25, 0.3) is 0 Å². The summed E-state index contributed by atoms with van der Waals surface area (Å²) < 4.78 is 0. The summed E-state index contributed by atoms with van der Waals surface area (Å²) in [6.45, 7) is -0.506. The highest BCUT2D eigenvalue weighted by Crippen LogP contribution is 2.18. The Labute approximate surface area is 79.3 Å². The quantitative estimate of drug-likeness (QED) is 0.553. The average Bonchev–Trinajstić information content (AvgIpc) is 2.15. The number of benzene rings is 1. The van der Waals surface area contributed by atoms with E-state index in [1.807, 2.05) is 0 Å². The third-order valence-electron chi connectivity index (χ3n) is 1.53. The van der Waals surface area contributed by atoms with Crippen molar-refractivity contribution < 1.29 is 15.0 Å². The Bertz CT molecular complexity index is 336. The number of nitroso groups, excluding NO2 is 1. The Morgan fingerprint density at radius 2 is 1.93 bits per heavy atom. The Morgan fingerprint density at radius 1 is 1.36 bits per heavy atom. The molecule has 1 aromatic carbocycles. The first-order valence-electron chi connectivity index (χ1n) is 3.75. The van der Waals surface area contributed by atoms with Crippen molar-refractivity contribution >= 4 is 11.7 Å². The fraction of sp³-hybridized carbons (Fsp3) is 0.125. The van der Waals surface area contributed by atoms with Crippen LogP contribution < -0.4 is 5.01 Å². The van der Waals surface area contributed by atoms with Crippen LogP contribution in [0.2, 0.25) is 0 Å². The maximum Gasteiger partial charge on any atom is 0.325 e. The molecule has 0 aliphatic heterocycles. The van der Waals surface area contributed by atoms with Gasteiger partial charge in [0.1, 0.15) is 12.3 Å². The Morgan fingerprint density at radius 3 is 2.36 bits per heavy atom. The molecule has 0 aliphatic carbocycles. The highest BCUT2D eigenvalue weighted by atomic mass is 16.4. The van der Waals surface area contributed by atoms with Gasteiger partial charge in [-0.25, -0.2) is 5.01 Å². The standard InChI is InChI=1S/C8H8N2O4/c11-7-3-1-6(2-4-7)10(9-14)5-8(12)13/h1-4,11H,5H2,(H,12,13). The molecule has 0 saturated carbocycles. The molecule has 0 radical (unpaired) electrons. The van der Waals surface area contributed by atoms with Crippen molar-refractivity contribution in [3.05, 3.63) is 29.2 Å². The van der Waals surface area contributed by atoms with Gasteiger partial charge in [-0.1, -0.05) is 0 Å². The summed E-state index contributed by atoms with van der Waals surface area (Å²) in [7, 11) is 0. The van der Waals surface area contributed by atoms with Gasteiger partial charge in [-0.3, -0.25) is 4.79 Å². The Hall–Kier alpha value is -2.11. The van der Waals surface area contributed by atoms with Crippen LogP contribution in [0.1, 0.15) is 0 Å². The predicted octanol–water partition coefficient (Wildman–Crippen LogP) is 0.965. The van der Waals surface area contributed by atoms with Crippen molar-refractivity contribution in [2.75, 3.05) is 11.6 Å². The second-order valence-corrected chi connectivity index (χ2v) is 2.55. The number of rotatable bonds is 4. The van der Waals surface area contributed by atoms with E-state index >= 15 is 0 Å². The highest BCUT2D eigenvalue weighted by Gasteiger charge is 2.10. The van der Waals surface area contributed by atoms with E-state index in [-0.39, 0.29) is 5.75 Å². The first-order chi connectivity index (χ1) is 6.63. The molecule has 0 aromatic heterocycles. The van der Waals surface area contributed by atoms with Crippen molar-refractivity contribution in [1.29, 1.82) is 0 Å². The zero-order valence-electron chi connectivity index (χ0n) is 7.12. The van der Waals surface area contributed by atoms with Gasteiger partial charge in [0, 0.05) is 0 Å². The van der Waals surface area contributed by atoms with E-state index in [0.717, 1.165) is 5.01 Å². The number of aromatic hydroxyl groups is 1. The number of carboxylic acids is 1. The van der Waals surface area contributed by atoms with E-state index in [1.54, 1.807) is 0 Å². The van der Waals surface area contributed by atoms with Crippen molar-refractivity contribution in [3.8, 4) is 5.75 Å². The molecule has 0 spiro atoms. The molecule has 6 nitrogen and oxygen atoms in total. The summed E-state index contributed by atoms with van der Waals surface area (Å²) in [5.74, 6) is -1.12. The van der Waals surface area contributed by atoms with Gasteiger partial charge < -0.3 is 10.2 Å². The maximum atomic E-state index is 10.3. The lowest BCUT2D eigenvalue weighted by molar-refractivity contribution is -0.135. The second-order valence-electron chi connectivity index (χ2n) is 2.55. The third-order valence-corrected chi connectivity index (χ3v) is 1.53. The van der Waals surface area contributed by atoms with Crippen LogP contribution in [-0.2, 0) is 4.79 Å². The Kier molecular flexibility index (Phi) is 3.01. The van der Waals surface area contributed by atoms with Gasteiger partial charge in [-0.05, 0) is 24.3 Å². The molecule has 0 amide bonds. The van der Waals surface area contributed by atoms with Crippen molar-refractivity contribution in [1.82, 2.24) is 0 Å². The number of hydrogen-bond donors (Lipinski definition) is 2. The molecule has 1 aromatic rings. The SMILES string of the molecule is O=NN(CC(=O)O)c1ccc(O)cc1. The van der Waals surface area contributed by atoms with E-state index in [1.165, 1.54) is 24.3 Å². The van der Waals surface area contributed by atoms with Crippen molar-refractivity contribution in [2.45, 2.75) is 0 Å². The lowest BCUT2D eigenvalue weighted by Crippen LogP contribution is -2.23. The van der Waals surface area contributed by atoms with Crippen LogP contribution in [0.3, 0.4) is 0 Å². The molecule has 1 rings (SSSR count). The van der Waals surface area contributed by atoms with Gasteiger partial charge in [-0.2, -0.15) is 0 Å². The molecular weight excluding hydrogens is 188 g/mol. The number of nitrogens with zero attached hydrogens (tertiary/aromatic N) is 2. The summed E-state index contributed by atoms with van der Waals surface area (Å²) in [6, 6.07) is 5.49. The summed E-state index contributed by atoms with van der Waals surface area (Å²) in [6.07, 6.45) is 0. The lowest BCUT2D eigenvalue weighted by Gasteiger charge is -2.11. The Balaban J connectivity index is 2.84. The number of carboxylic acid groups (broad SMARTS) is 1. The van der Waals surface area contributed by atoms with Crippen LogP contribution in [0.4, 0.5) is 5.69 Å². The molecule has 0 saturated heterocycles. The predicted molar refractivity (Wildman–Crippen MR) is 48.9 cm³/mol. The lowest BCUT2D eigenvalue weighted by atomic mass is 10.3. The average molecular weight is 196 g/mol. The molecule has 0 bridgehead atoms. The second kappa shape index (κ2) is 4.22. The third kappa shape index (κ3) is 2.44. The zero-order valence-corrected chi connectivity index (χ0v) is 7.12. The summed E-state index contributed by atoms with van der Waals surface area (Å²) in [4.78, 5) is 20.6. The number of anilines is 1. The molecule has 6 heteroatoms. The van der Waals surface area contributed by atoms with Gasteiger partial charge >= 0.3 is 5.97 Å². The molecule has 0 aliphatic rings. The smallest absolute Gasteiger partial charge is 0.325 e. The zero-order chi connectivity index (χ0) is 10.6. The molecule has 0 atom stereocenters. The van der Waals surface area contributed by atoms with E-state index in [9.17, 15) is 9.70 Å². The highest BCUT2D eigenvalue weighted by molar-refractivity contribution is 5.73. The minimum Gasteiger partial charge on any atom is -0.508 e. The van der Waals surface area contributed by atoms with Gasteiger partial charge in [0.2, 0.25) is 0 Å². The molecule has 14 heavy (non-hydrogen) atoms. The van der Waals surface area contributed by atoms with E-state index in [0.29, 0.717) is 5.69 Å². The molecule has 74 valence electrons. The molecular formula is C8H8N2O4. The minimum atomic E-state index is -1.15. The number of hydrogen-bond acceptors (Lipinski definition) is 4. The van der Waals surface area contributed by atoms with Gasteiger partial charge in [0.15, 0.2) is 0 Å². The molecule has 0 fully saturated rings. The van der Waals surface area contributed by atoms with Crippen LogP contribution >= 0.6 is 0 Å². The van der Waals surface area contributed by atoms with E-state index < -0.39 is 12.5 Å². The number of phenolic OH excluding ortho intramolecular Hbond substituents is 1. The monoisotopic (exact) mass is 196 g/mol. The summed E-state index contributed by atoms with van der Waals surface area (Å²) in [5.41, 5.74) is 0.320. The molecule has 2 N–H and O–H groups in total. The van der Waals surface area contributed by atoms with Gasteiger partial charge in [0.05, 0.1) is 11.0 Å². The first-order valence-corrected chi connectivity index (χ1v) is 3.75. The summed E-state index contributed by atoms with van der Waals surface area (Å²) >= 11 is 0. The number of carbonyl (C=O) groups is 1. The van der Waals surface area contributed by atoms with Crippen LogP contribution in [0.5, 0.6) is 5.75 Å². The first kappa shape index (κ1) is 9.97. The fourth-order valence-electron chi connectivity index (χ4n) is 0.920. The van der Waals surface area contributed by atoms with E-state index in [2.05, 4.69) is 5.29 Å². The minimum absolute atomic E-state index is 0.0370. The summed E-state index contributed by atoms with van der Waals surface area (Å²) in [5, 5.41) is 20.7. The largest absolute Gasteiger partial charge is 0.508 e. The van der Waals surface area contributed by atoms with Crippen LogP contribution in [0.25, 0.3) is 0 Å². The number of aliphatic carboxylic acids is 1. The number of phenols is 1. The van der Waals surface area contributed by atoms with Crippen LogP contribution in [0, 0.1) is 4.91 Å². The maximum absolute atomic E-state index is 10.3. The molecule has 0 heterocycles. The topological polar surface area (TPSA) is 90.2 Å². The fourth-order valence-corrected chi connectivity index (χ4v) is 0.920. The van der Waals surface area contributed by atoms with Crippen LogP contribution in [0.15, 0.2) is 29.6 Å². The van der Waals surface area contributed by atoms with Crippen LogP contribution in [-0.4, -0.2) is 22.7 Å². The van der Waals surface area contributed by atoms with Crippen molar-refractivity contribution in [3.63, 3.8) is 0 Å². The van der Waals surface area contributed by atoms with Gasteiger partial charge in [-0.15, -0.1) is 4.91 Å². The van der Waals surface area contributed by atoms with Crippen molar-refractivity contribution in [2.24, 2.45) is 5.29 Å². The molecule has 0 unspecified atom stereocenters. The normalized spacial score (nSPS) is 9.43.